The molecule has 4 nitrogen and oxygen atoms in total. The molecule has 0 saturated heterocycles. The van der Waals surface area contributed by atoms with Gasteiger partial charge in [-0.2, -0.15) is 4.98 Å². The number of nitrogens with zero attached hydrogens (tertiary/aromatic N) is 2. The number of nitrogens with one attached hydrogen (secondary N) is 1. The summed E-state index contributed by atoms with van der Waals surface area (Å²) in [5.74, 6) is 0.225. The second kappa shape index (κ2) is 3.38. The molecule has 6 heteroatoms. The lowest BCUT2D eigenvalue weighted by molar-refractivity contribution is 0.621. The number of hydrogen-bond donors (Lipinski definition) is 2. The van der Waals surface area contributed by atoms with Crippen molar-refractivity contribution in [2.45, 2.75) is 0 Å². The maximum Gasteiger partial charge on any atom is 0.239 e. The molecule has 0 spiro atoms. The third-order valence-electron chi connectivity index (χ3n) is 1.71. The second-order valence-electron chi connectivity index (χ2n) is 2.64. The van der Waals surface area contributed by atoms with Crippen LogP contribution >= 0.6 is 15.9 Å². The Morgan fingerprint density at radius 2 is 2.21 bits per heavy atom. The number of nitrogens with two attached hydrogens (primary N) is 1. The summed E-state index contributed by atoms with van der Waals surface area (Å²) in [5, 5.41) is 6.27. The third kappa shape index (κ3) is 1.48. The van der Waals surface area contributed by atoms with Crippen LogP contribution in [0.15, 0.2) is 22.7 Å². The lowest BCUT2D eigenvalue weighted by Gasteiger charge is -2.00. The van der Waals surface area contributed by atoms with Crippen LogP contribution in [0.3, 0.4) is 0 Å². The van der Waals surface area contributed by atoms with E-state index in [1.54, 1.807) is 12.1 Å². The number of aromatic amines is 1. The van der Waals surface area contributed by atoms with Gasteiger partial charge in [-0.05, 0) is 28.1 Å². The van der Waals surface area contributed by atoms with Crippen LogP contribution in [0.25, 0.3) is 11.4 Å². The number of anilines is 1. The Labute approximate surface area is 87.5 Å². The summed E-state index contributed by atoms with van der Waals surface area (Å²) < 4.78 is 13.5. The van der Waals surface area contributed by atoms with Gasteiger partial charge in [0.05, 0.1) is 4.47 Å². The molecular weight excluding hydrogens is 251 g/mol. The van der Waals surface area contributed by atoms with Crippen LogP contribution in [-0.4, -0.2) is 15.2 Å². The summed E-state index contributed by atoms with van der Waals surface area (Å²) in [4.78, 5) is 3.90. The van der Waals surface area contributed by atoms with E-state index in [2.05, 4.69) is 31.1 Å². The van der Waals surface area contributed by atoms with Gasteiger partial charge >= 0.3 is 0 Å². The Kier molecular flexibility index (Phi) is 2.20. The van der Waals surface area contributed by atoms with Gasteiger partial charge in [0.15, 0.2) is 5.82 Å². The van der Waals surface area contributed by atoms with Crippen molar-refractivity contribution in [2.75, 3.05) is 5.73 Å². The number of aromatic nitrogens is 3. The number of nitrogen functional groups attached to an aromatic ring is 1. The maximum atomic E-state index is 13.1. The molecule has 1 aromatic carbocycles. The van der Waals surface area contributed by atoms with Crippen LogP contribution in [0.2, 0.25) is 0 Å². The van der Waals surface area contributed by atoms with E-state index in [1.165, 1.54) is 6.07 Å². The Bertz CT molecular complexity index is 468. The average molecular weight is 257 g/mol. The van der Waals surface area contributed by atoms with Crippen LogP contribution in [-0.2, 0) is 0 Å². The van der Waals surface area contributed by atoms with E-state index >= 15 is 0 Å². The van der Waals surface area contributed by atoms with Gasteiger partial charge in [-0.3, -0.25) is 5.10 Å². The van der Waals surface area contributed by atoms with Gasteiger partial charge in [0.2, 0.25) is 5.95 Å². The van der Waals surface area contributed by atoms with E-state index in [1.807, 2.05) is 0 Å². The SMILES string of the molecule is Nc1n[nH]c(-c2cccc(F)c2Br)n1. The molecule has 0 saturated carbocycles. The van der Waals surface area contributed by atoms with Crippen LogP contribution in [0.4, 0.5) is 10.3 Å². The van der Waals surface area contributed by atoms with Crippen LogP contribution in [0.1, 0.15) is 0 Å². The van der Waals surface area contributed by atoms with Gasteiger partial charge < -0.3 is 5.73 Å². The summed E-state index contributed by atoms with van der Waals surface area (Å²) >= 11 is 3.12. The smallest absolute Gasteiger partial charge is 0.239 e. The first-order valence-corrected chi connectivity index (χ1v) is 4.60. The van der Waals surface area contributed by atoms with Crippen molar-refractivity contribution in [3.05, 3.63) is 28.5 Å². The van der Waals surface area contributed by atoms with Gasteiger partial charge in [-0.1, -0.05) is 6.07 Å². The highest BCUT2D eigenvalue weighted by Gasteiger charge is 2.10. The van der Waals surface area contributed by atoms with Crippen molar-refractivity contribution in [2.24, 2.45) is 0 Å². The van der Waals surface area contributed by atoms with E-state index in [-0.39, 0.29) is 11.8 Å². The Morgan fingerprint density at radius 3 is 2.86 bits per heavy atom. The molecule has 0 unspecified atom stereocenters. The molecule has 0 aliphatic rings. The van der Waals surface area contributed by atoms with Crippen molar-refractivity contribution in [1.29, 1.82) is 0 Å². The molecule has 0 fully saturated rings. The molecule has 2 aromatic rings. The van der Waals surface area contributed by atoms with E-state index in [4.69, 9.17) is 5.73 Å². The van der Waals surface area contributed by atoms with Gasteiger partial charge in [-0.15, -0.1) is 5.10 Å². The highest BCUT2D eigenvalue weighted by Crippen LogP contribution is 2.27. The lowest BCUT2D eigenvalue weighted by Crippen LogP contribution is -1.87. The minimum Gasteiger partial charge on any atom is -0.366 e. The number of benzene rings is 1. The molecule has 0 bridgehead atoms. The van der Waals surface area contributed by atoms with Crippen molar-refractivity contribution >= 4 is 21.9 Å². The van der Waals surface area contributed by atoms with Gasteiger partial charge in [0.25, 0.3) is 0 Å². The number of hydrogen-bond acceptors (Lipinski definition) is 3. The minimum absolute atomic E-state index is 0.135. The summed E-state index contributed by atoms with van der Waals surface area (Å²) in [7, 11) is 0. The summed E-state index contributed by atoms with van der Waals surface area (Å²) in [5.41, 5.74) is 5.93. The normalized spacial score (nSPS) is 10.4. The number of H-pyrrole nitrogens is 1. The number of rotatable bonds is 1. The largest absolute Gasteiger partial charge is 0.366 e. The van der Waals surface area contributed by atoms with E-state index < -0.39 is 0 Å². The topological polar surface area (TPSA) is 67.6 Å². The molecule has 1 aromatic heterocycles. The van der Waals surface area contributed by atoms with Gasteiger partial charge in [0, 0.05) is 5.56 Å². The first-order valence-electron chi connectivity index (χ1n) is 3.81. The molecule has 1 heterocycles. The fourth-order valence-electron chi connectivity index (χ4n) is 1.08. The van der Waals surface area contributed by atoms with Gasteiger partial charge in [0.1, 0.15) is 5.82 Å². The molecule has 3 N–H and O–H groups in total. The van der Waals surface area contributed by atoms with Gasteiger partial charge in [-0.25, -0.2) is 4.39 Å². The van der Waals surface area contributed by atoms with E-state index in [0.717, 1.165) is 0 Å². The highest BCUT2D eigenvalue weighted by atomic mass is 79.9. The predicted octanol–water partition coefficient (Wildman–Crippen LogP) is 1.96. The highest BCUT2D eigenvalue weighted by molar-refractivity contribution is 9.10. The minimum atomic E-state index is -0.350. The van der Waals surface area contributed by atoms with Crippen molar-refractivity contribution in [1.82, 2.24) is 15.2 Å². The van der Waals surface area contributed by atoms with Crippen LogP contribution < -0.4 is 5.73 Å². The van der Waals surface area contributed by atoms with Crippen molar-refractivity contribution in [3.63, 3.8) is 0 Å². The molecule has 2 rings (SSSR count). The standard InChI is InChI=1S/C8H6BrFN4/c9-6-4(2-1-3-5(6)10)7-12-8(11)14-13-7/h1-3H,(H3,11,12,13,14). The second-order valence-corrected chi connectivity index (χ2v) is 3.44. The molecule has 0 aliphatic carbocycles. The monoisotopic (exact) mass is 256 g/mol. The zero-order chi connectivity index (χ0) is 10.1. The predicted molar refractivity (Wildman–Crippen MR) is 53.9 cm³/mol. The fourth-order valence-corrected chi connectivity index (χ4v) is 1.53. The molecule has 0 amide bonds. The molecule has 14 heavy (non-hydrogen) atoms. The molecule has 72 valence electrons. The van der Waals surface area contributed by atoms with Crippen molar-refractivity contribution in [3.8, 4) is 11.4 Å². The Balaban J connectivity index is 2.57. The lowest BCUT2D eigenvalue weighted by atomic mass is 10.2. The zero-order valence-electron chi connectivity index (χ0n) is 6.96. The molecule has 0 radical (unpaired) electrons. The fraction of sp³-hybridized carbons (Fsp3) is 0. The zero-order valence-corrected chi connectivity index (χ0v) is 8.55. The molecule has 0 atom stereocenters. The Hall–Kier alpha value is -1.43. The van der Waals surface area contributed by atoms with Crippen molar-refractivity contribution < 1.29 is 4.39 Å². The van der Waals surface area contributed by atoms with E-state index in [9.17, 15) is 4.39 Å². The molecule has 0 aliphatic heterocycles. The van der Waals surface area contributed by atoms with E-state index in [0.29, 0.717) is 15.9 Å². The summed E-state index contributed by atoms with van der Waals surface area (Å²) in [6.07, 6.45) is 0. The van der Waals surface area contributed by atoms with Crippen LogP contribution in [0.5, 0.6) is 0 Å². The maximum absolute atomic E-state index is 13.1. The van der Waals surface area contributed by atoms with Crippen LogP contribution in [0, 0.1) is 5.82 Å². The number of halogens is 2. The first kappa shape index (κ1) is 9.14. The Morgan fingerprint density at radius 1 is 1.43 bits per heavy atom. The summed E-state index contributed by atoms with van der Waals surface area (Å²) in [6.45, 7) is 0. The quantitative estimate of drug-likeness (QED) is 0.820. The molecular formula is C8H6BrFN4. The third-order valence-corrected chi connectivity index (χ3v) is 2.52. The first-order chi connectivity index (χ1) is 6.68. The average Bonchev–Trinajstić information content (AvgIpc) is 2.57. The summed E-state index contributed by atoms with van der Waals surface area (Å²) in [6, 6.07) is 4.66.